The minimum absolute atomic E-state index is 0.0185. The summed E-state index contributed by atoms with van der Waals surface area (Å²) in [7, 11) is 0. The van der Waals surface area contributed by atoms with Gasteiger partial charge in [0.05, 0.1) is 5.92 Å². The first-order valence-corrected chi connectivity index (χ1v) is 4.82. The largest absolute Gasteiger partial charge is 0.329 e. The molecule has 78 valence electrons. The number of hydrogen-bond acceptors (Lipinski definition) is 4. The van der Waals surface area contributed by atoms with E-state index in [1.54, 1.807) is 0 Å². The number of nitrogens with two attached hydrogens (primary N) is 1. The van der Waals surface area contributed by atoms with E-state index in [9.17, 15) is 0 Å². The van der Waals surface area contributed by atoms with Crippen molar-refractivity contribution in [1.82, 2.24) is 20.6 Å². The molecule has 0 radical (unpaired) electrons. The number of aryl methyl sites for hydroxylation is 1. The van der Waals surface area contributed by atoms with Gasteiger partial charge < -0.3 is 5.73 Å². The van der Waals surface area contributed by atoms with Gasteiger partial charge in [0.1, 0.15) is 0 Å². The maximum Gasteiger partial charge on any atom is 0.183 e. The Morgan fingerprint density at radius 1 is 1.40 bits per heavy atom. The molecule has 1 aromatic heterocycles. The van der Waals surface area contributed by atoms with E-state index in [1.807, 2.05) is 18.2 Å². The van der Waals surface area contributed by atoms with Crippen molar-refractivity contribution in [2.45, 2.75) is 12.8 Å². The smallest absolute Gasteiger partial charge is 0.183 e. The Morgan fingerprint density at radius 2 is 2.20 bits per heavy atom. The van der Waals surface area contributed by atoms with E-state index in [4.69, 9.17) is 5.73 Å². The molecular weight excluding hydrogens is 190 g/mol. The van der Waals surface area contributed by atoms with Crippen LogP contribution in [0.2, 0.25) is 0 Å². The maximum absolute atomic E-state index is 5.74. The van der Waals surface area contributed by atoms with Crippen LogP contribution in [0.4, 0.5) is 0 Å². The minimum atomic E-state index is 0.0185. The fraction of sp³-hybridized carbons (Fsp3) is 0.300. The van der Waals surface area contributed by atoms with Crippen molar-refractivity contribution in [3.63, 3.8) is 0 Å². The van der Waals surface area contributed by atoms with Crippen molar-refractivity contribution in [3.05, 3.63) is 41.2 Å². The Kier molecular flexibility index (Phi) is 2.73. The molecule has 2 rings (SSSR count). The number of nitrogens with one attached hydrogen (secondary N) is 1. The number of tetrazole rings is 1. The van der Waals surface area contributed by atoms with Crippen LogP contribution in [-0.2, 0) is 0 Å². The van der Waals surface area contributed by atoms with Crippen molar-refractivity contribution in [2.75, 3.05) is 6.54 Å². The summed E-state index contributed by atoms with van der Waals surface area (Å²) in [6.07, 6.45) is 0. The zero-order chi connectivity index (χ0) is 10.7. The standard InChI is InChI=1S/C10H13N5/c1-7-4-2-3-5-8(7)9(6-11)10-12-14-15-13-10/h2-5,9H,6,11H2,1H3,(H,12,13,14,15). The number of hydrogen-bond donors (Lipinski definition) is 2. The Bertz CT molecular complexity index is 423. The first kappa shape index (κ1) is 9.79. The van der Waals surface area contributed by atoms with Crippen molar-refractivity contribution in [1.29, 1.82) is 0 Å². The second kappa shape index (κ2) is 4.18. The zero-order valence-corrected chi connectivity index (χ0v) is 8.51. The number of nitrogens with zero attached hydrogens (tertiary/aromatic N) is 3. The van der Waals surface area contributed by atoms with Gasteiger partial charge in [-0.05, 0) is 18.1 Å². The van der Waals surface area contributed by atoms with Gasteiger partial charge in [0, 0.05) is 6.54 Å². The van der Waals surface area contributed by atoms with E-state index >= 15 is 0 Å². The van der Waals surface area contributed by atoms with Crippen LogP contribution in [0.25, 0.3) is 0 Å². The van der Waals surface area contributed by atoms with Crippen LogP contribution < -0.4 is 5.73 Å². The van der Waals surface area contributed by atoms with Crippen molar-refractivity contribution in [2.24, 2.45) is 5.73 Å². The van der Waals surface area contributed by atoms with Crippen molar-refractivity contribution >= 4 is 0 Å². The van der Waals surface area contributed by atoms with Gasteiger partial charge in [-0.1, -0.05) is 29.5 Å². The zero-order valence-electron chi connectivity index (χ0n) is 8.51. The lowest BCUT2D eigenvalue weighted by Gasteiger charge is -2.13. The highest BCUT2D eigenvalue weighted by atomic mass is 15.5. The van der Waals surface area contributed by atoms with Gasteiger partial charge in [-0.2, -0.15) is 5.21 Å². The molecule has 0 aliphatic heterocycles. The monoisotopic (exact) mass is 203 g/mol. The van der Waals surface area contributed by atoms with E-state index in [2.05, 4.69) is 33.6 Å². The molecule has 1 atom stereocenters. The van der Waals surface area contributed by atoms with Gasteiger partial charge in [0.25, 0.3) is 0 Å². The van der Waals surface area contributed by atoms with Crippen molar-refractivity contribution in [3.8, 4) is 0 Å². The summed E-state index contributed by atoms with van der Waals surface area (Å²) in [5.41, 5.74) is 8.09. The molecule has 2 aromatic rings. The van der Waals surface area contributed by atoms with Gasteiger partial charge in [0.15, 0.2) is 5.82 Å². The minimum Gasteiger partial charge on any atom is -0.329 e. The molecule has 0 saturated heterocycles. The molecule has 1 heterocycles. The highest BCUT2D eigenvalue weighted by Crippen LogP contribution is 2.22. The van der Waals surface area contributed by atoms with Gasteiger partial charge in [0.2, 0.25) is 0 Å². The third kappa shape index (κ3) is 1.87. The average Bonchev–Trinajstić information content (AvgIpc) is 2.75. The summed E-state index contributed by atoms with van der Waals surface area (Å²) < 4.78 is 0. The highest BCUT2D eigenvalue weighted by molar-refractivity contribution is 5.32. The number of H-pyrrole nitrogens is 1. The molecule has 0 spiro atoms. The predicted octanol–water partition coefficient (Wildman–Crippen LogP) is 0.599. The average molecular weight is 203 g/mol. The molecule has 0 aliphatic rings. The van der Waals surface area contributed by atoms with E-state index in [0.717, 1.165) is 5.56 Å². The summed E-state index contributed by atoms with van der Waals surface area (Å²) in [6.45, 7) is 2.53. The molecule has 5 heteroatoms. The van der Waals surface area contributed by atoms with Crippen LogP contribution in [0, 0.1) is 6.92 Å². The molecule has 0 aliphatic carbocycles. The lowest BCUT2D eigenvalue weighted by molar-refractivity contribution is 0.748. The highest BCUT2D eigenvalue weighted by Gasteiger charge is 2.17. The molecule has 1 unspecified atom stereocenters. The second-order valence-corrected chi connectivity index (χ2v) is 3.41. The number of rotatable bonds is 3. The first-order chi connectivity index (χ1) is 7.33. The third-order valence-corrected chi connectivity index (χ3v) is 2.47. The van der Waals surface area contributed by atoms with Gasteiger partial charge >= 0.3 is 0 Å². The summed E-state index contributed by atoms with van der Waals surface area (Å²) in [5.74, 6) is 0.664. The van der Waals surface area contributed by atoms with E-state index in [-0.39, 0.29) is 5.92 Å². The Balaban J connectivity index is 2.40. The third-order valence-electron chi connectivity index (χ3n) is 2.47. The molecule has 5 nitrogen and oxygen atoms in total. The summed E-state index contributed by atoms with van der Waals surface area (Å²) >= 11 is 0. The van der Waals surface area contributed by atoms with Crippen LogP contribution in [-0.4, -0.2) is 27.2 Å². The van der Waals surface area contributed by atoms with Gasteiger partial charge in [-0.25, -0.2) is 0 Å². The fourth-order valence-electron chi connectivity index (χ4n) is 1.67. The van der Waals surface area contributed by atoms with E-state index in [0.29, 0.717) is 12.4 Å². The molecule has 15 heavy (non-hydrogen) atoms. The molecule has 0 fully saturated rings. The first-order valence-electron chi connectivity index (χ1n) is 4.82. The lowest BCUT2D eigenvalue weighted by atomic mass is 9.94. The summed E-state index contributed by atoms with van der Waals surface area (Å²) in [5, 5.41) is 14.0. The van der Waals surface area contributed by atoms with Gasteiger partial charge in [-0.3, -0.25) is 0 Å². The van der Waals surface area contributed by atoms with Gasteiger partial charge in [-0.15, -0.1) is 10.2 Å². The molecule has 0 bridgehead atoms. The second-order valence-electron chi connectivity index (χ2n) is 3.41. The molecule has 0 saturated carbocycles. The number of aromatic nitrogens is 4. The van der Waals surface area contributed by atoms with Crippen molar-refractivity contribution < 1.29 is 0 Å². The van der Waals surface area contributed by atoms with E-state index < -0.39 is 0 Å². The molecule has 0 amide bonds. The SMILES string of the molecule is Cc1ccccc1C(CN)c1nn[nH]n1. The number of aromatic amines is 1. The van der Waals surface area contributed by atoms with Crippen LogP contribution in [0.1, 0.15) is 22.9 Å². The van der Waals surface area contributed by atoms with Crippen LogP contribution in [0.5, 0.6) is 0 Å². The quantitative estimate of drug-likeness (QED) is 0.765. The van der Waals surface area contributed by atoms with Crippen LogP contribution >= 0.6 is 0 Å². The Labute approximate surface area is 87.7 Å². The van der Waals surface area contributed by atoms with E-state index in [1.165, 1.54) is 5.56 Å². The maximum atomic E-state index is 5.74. The molecule has 1 aromatic carbocycles. The Hall–Kier alpha value is -1.75. The topological polar surface area (TPSA) is 80.5 Å². The predicted molar refractivity (Wildman–Crippen MR) is 56.3 cm³/mol. The lowest BCUT2D eigenvalue weighted by Crippen LogP contribution is -2.16. The number of benzene rings is 1. The normalized spacial score (nSPS) is 12.7. The van der Waals surface area contributed by atoms with Crippen LogP contribution in [0.15, 0.2) is 24.3 Å². The molecular formula is C10H13N5. The summed E-state index contributed by atoms with van der Waals surface area (Å²) in [6, 6.07) is 8.09. The Morgan fingerprint density at radius 3 is 2.80 bits per heavy atom. The summed E-state index contributed by atoms with van der Waals surface area (Å²) in [4.78, 5) is 0. The molecule has 3 N–H and O–H groups in total. The fourth-order valence-corrected chi connectivity index (χ4v) is 1.67. The van der Waals surface area contributed by atoms with Crippen LogP contribution in [0.3, 0.4) is 0 Å².